The van der Waals surface area contributed by atoms with Crippen molar-refractivity contribution in [2.24, 2.45) is 27.2 Å². The van der Waals surface area contributed by atoms with Gasteiger partial charge in [0, 0.05) is 12.6 Å². The number of amidine groups is 1. The number of hydrogen-bond acceptors (Lipinski definition) is 4. The van der Waals surface area contributed by atoms with Crippen LogP contribution in [0, 0.1) is 35.1 Å². The van der Waals surface area contributed by atoms with E-state index in [9.17, 15) is 5.26 Å². The van der Waals surface area contributed by atoms with Crippen molar-refractivity contribution >= 4 is 11.5 Å². The van der Waals surface area contributed by atoms with Crippen molar-refractivity contribution in [3.05, 3.63) is 30.7 Å². The third-order valence-electron chi connectivity index (χ3n) is 7.54. The number of piperidine rings is 1. The van der Waals surface area contributed by atoms with Crippen molar-refractivity contribution in [3.8, 4) is 6.19 Å². The molecule has 155 valence electrons. The third kappa shape index (κ3) is 3.68. The largest absolute Gasteiger partial charge is 0.356 e. The Labute approximate surface area is 175 Å². The Balaban J connectivity index is 1.60. The van der Waals surface area contributed by atoms with Crippen LogP contribution in [0.2, 0.25) is 0 Å². The molecule has 2 heterocycles. The van der Waals surface area contributed by atoms with E-state index in [1.54, 1.807) is 0 Å². The average Bonchev–Trinajstić information content (AvgIpc) is 3.19. The summed E-state index contributed by atoms with van der Waals surface area (Å²) in [5.41, 5.74) is 0.763. The first kappa shape index (κ1) is 20.3. The molecule has 0 amide bonds. The van der Waals surface area contributed by atoms with E-state index in [4.69, 9.17) is 4.99 Å². The second kappa shape index (κ2) is 8.44. The summed E-state index contributed by atoms with van der Waals surface area (Å²) >= 11 is 0. The molecule has 1 saturated heterocycles. The summed E-state index contributed by atoms with van der Waals surface area (Å²) < 4.78 is 0. The van der Waals surface area contributed by atoms with Gasteiger partial charge in [0.15, 0.2) is 0 Å². The monoisotopic (exact) mass is 392 g/mol. The molecule has 0 aromatic carbocycles. The molecule has 0 bridgehead atoms. The van der Waals surface area contributed by atoms with Crippen molar-refractivity contribution in [1.29, 1.82) is 5.26 Å². The standard InChI is InChI=1S/C24H34N5/c1-4-24(22-27-20-8-5-6-9-21(20)28-22)14-7-15-29(23(24)26-16-25)19-12-10-18(11-13-19)17(2)3/h5-6,8-9,14,17-20,22,27H,4,7,10-13,15H2,1-3H3. The van der Waals surface area contributed by atoms with E-state index >= 15 is 0 Å². The van der Waals surface area contributed by atoms with Crippen LogP contribution in [-0.4, -0.2) is 41.2 Å². The summed E-state index contributed by atoms with van der Waals surface area (Å²) in [5.74, 6) is 2.53. The van der Waals surface area contributed by atoms with Gasteiger partial charge in [-0.2, -0.15) is 10.3 Å². The first-order valence-electron chi connectivity index (χ1n) is 11.4. The van der Waals surface area contributed by atoms with Gasteiger partial charge in [-0.1, -0.05) is 39.0 Å². The molecule has 2 aliphatic carbocycles. The van der Waals surface area contributed by atoms with Gasteiger partial charge in [0.1, 0.15) is 12.0 Å². The number of nitriles is 1. The molecule has 0 aromatic rings. The maximum absolute atomic E-state index is 9.57. The minimum atomic E-state index is -0.325. The Morgan fingerprint density at radius 3 is 2.76 bits per heavy atom. The number of nitrogens with one attached hydrogen (secondary N) is 1. The third-order valence-corrected chi connectivity index (χ3v) is 7.54. The van der Waals surface area contributed by atoms with Gasteiger partial charge in [-0.3, -0.25) is 10.3 Å². The molecule has 0 aromatic heterocycles. The van der Waals surface area contributed by atoms with Crippen molar-refractivity contribution in [1.82, 2.24) is 10.2 Å². The molecular formula is C24H34N5. The van der Waals surface area contributed by atoms with E-state index in [1.165, 1.54) is 25.7 Å². The summed E-state index contributed by atoms with van der Waals surface area (Å²) in [5, 5.41) is 13.3. The van der Waals surface area contributed by atoms with Gasteiger partial charge < -0.3 is 4.90 Å². The smallest absolute Gasteiger partial charge is 0.207 e. The Kier molecular flexibility index (Phi) is 5.92. The summed E-state index contributed by atoms with van der Waals surface area (Å²) in [4.78, 5) is 12.0. The van der Waals surface area contributed by atoms with Gasteiger partial charge in [0.2, 0.25) is 6.19 Å². The normalized spacial score (nSPS) is 38.2. The fraction of sp³-hybridized carbons (Fsp3) is 0.667. The highest BCUT2D eigenvalue weighted by Gasteiger charge is 2.51. The fourth-order valence-electron chi connectivity index (χ4n) is 5.72. The lowest BCUT2D eigenvalue weighted by atomic mass is 9.71. The van der Waals surface area contributed by atoms with Crippen LogP contribution >= 0.6 is 0 Å². The minimum absolute atomic E-state index is 0.0678. The molecule has 0 spiro atoms. The molecule has 3 atom stereocenters. The summed E-state index contributed by atoms with van der Waals surface area (Å²) in [6, 6.07) is 0.662. The van der Waals surface area contributed by atoms with E-state index in [-0.39, 0.29) is 17.6 Å². The molecule has 4 aliphatic rings. The molecule has 2 aliphatic heterocycles. The van der Waals surface area contributed by atoms with Gasteiger partial charge in [0.05, 0.1) is 17.2 Å². The highest BCUT2D eigenvalue weighted by molar-refractivity contribution is 6.04. The van der Waals surface area contributed by atoms with E-state index < -0.39 is 0 Å². The zero-order valence-corrected chi connectivity index (χ0v) is 18.0. The van der Waals surface area contributed by atoms with E-state index in [2.05, 4.69) is 66.8 Å². The van der Waals surface area contributed by atoms with E-state index in [0.717, 1.165) is 42.8 Å². The second-order valence-electron chi connectivity index (χ2n) is 9.27. The molecule has 3 unspecified atom stereocenters. The Bertz CT molecular complexity index is 763. The zero-order valence-electron chi connectivity index (χ0n) is 18.0. The number of allylic oxidation sites excluding steroid dienone is 2. The number of hydrogen-bond donors (Lipinski definition) is 1. The zero-order chi connectivity index (χ0) is 20.4. The van der Waals surface area contributed by atoms with Gasteiger partial charge in [-0.15, -0.1) is 0 Å². The van der Waals surface area contributed by atoms with Crippen LogP contribution in [0.1, 0.15) is 59.3 Å². The minimum Gasteiger partial charge on any atom is -0.356 e. The van der Waals surface area contributed by atoms with Crippen LogP contribution in [0.15, 0.2) is 34.3 Å². The van der Waals surface area contributed by atoms with Crippen LogP contribution < -0.4 is 5.32 Å². The first-order chi connectivity index (χ1) is 14.1. The SMILES string of the molecule is CCC1(C2N=C3C=CC=CC3N2)[CH]CCN(C2CCC(C(C)C)CC2)C1=NC#N. The van der Waals surface area contributed by atoms with Gasteiger partial charge in [0.25, 0.3) is 0 Å². The Hall–Kier alpha value is -1.93. The van der Waals surface area contributed by atoms with Crippen molar-refractivity contribution < 1.29 is 0 Å². The van der Waals surface area contributed by atoms with E-state index in [0.29, 0.717) is 6.04 Å². The molecule has 1 N–H and O–H groups in total. The van der Waals surface area contributed by atoms with E-state index in [1.807, 2.05) is 6.08 Å². The topological polar surface area (TPSA) is 63.8 Å². The second-order valence-corrected chi connectivity index (χ2v) is 9.27. The highest BCUT2D eigenvalue weighted by atomic mass is 15.3. The molecule has 1 radical (unpaired) electrons. The predicted octanol–water partition coefficient (Wildman–Crippen LogP) is 4.25. The lowest BCUT2D eigenvalue weighted by molar-refractivity contribution is 0.148. The summed E-state index contributed by atoms with van der Waals surface area (Å²) in [6.07, 6.45) is 19.7. The van der Waals surface area contributed by atoms with Crippen LogP contribution in [0.5, 0.6) is 0 Å². The quantitative estimate of drug-likeness (QED) is 0.728. The predicted molar refractivity (Wildman–Crippen MR) is 118 cm³/mol. The number of fused-ring (bicyclic) bond motifs is 1. The van der Waals surface area contributed by atoms with Gasteiger partial charge in [-0.05, 0) is 62.9 Å². The van der Waals surface area contributed by atoms with Crippen molar-refractivity contribution in [2.45, 2.75) is 77.5 Å². The van der Waals surface area contributed by atoms with Crippen LogP contribution in [-0.2, 0) is 0 Å². The number of likely N-dealkylation sites (tertiary alicyclic amines) is 1. The number of rotatable bonds is 4. The molecule has 29 heavy (non-hydrogen) atoms. The molecule has 1 saturated carbocycles. The number of aliphatic imine (C=N–C) groups is 2. The summed E-state index contributed by atoms with van der Waals surface area (Å²) in [7, 11) is 0. The maximum Gasteiger partial charge on any atom is 0.207 e. The average molecular weight is 393 g/mol. The number of nitrogens with zero attached hydrogens (tertiary/aromatic N) is 4. The fourth-order valence-corrected chi connectivity index (χ4v) is 5.72. The van der Waals surface area contributed by atoms with Crippen LogP contribution in [0.25, 0.3) is 0 Å². The van der Waals surface area contributed by atoms with Crippen LogP contribution in [0.4, 0.5) is 0 Å². The lowest BCUT2D eigenvalue weighted by Gasteiger charge is -2.50. The molecule has 5 heteroatoms. The summed E-state index contributed by atoms with van der Waals surface area (Å²) in [6.45, 7) is 7.86. The molecule has 2 fully saturated rings. The highest BCUT2D eigenvalue weighted by Crippen LogP contribution is 2.43. The molecule has 4 rings (SSSR count). The Morgan fingerprint density at radius 1 is 1.31 bits per heavy atom. The van der Waals surface area contributed by atoms with Crippen molar-refractivity contribution in [3.63, 3.8) is 0 Å². The Morgan fingerprint density at radius 2 is 2.10 bits per heavy atom. The maximum atomic E-state index is 9.57. The van der Waals surface area contributed by atoms with Crippen molar-refractivity contribution in [2.75, 3.05) is 6.54 Å². The first-order valence-corrected chi connectivity index (χ1v) is 11.4. The molecule has 5 nitrogen and oxygen atoms in total. The van der Waals surface area contributed by atoms with Gasteiger partial charge in [-0.25, -0.2) is 0 Å². The molecular weight excluding hydrogens is 358 g/mol. The van der Waals surface area contributed by atoms with Gasteiger partial charge >= 0.3 is 0 Å². The lowest BCUT2D eigenvalue weighted by Crippen LogP contribution is -2.60. The van der Waals surface area contributed by atoms with Crippen LogP contribution in [0.3, 0.4) is 0 Å².